The van der Waals surface area contributed by atoms with Crippen LogP contribution in [0.2, 0.25) is 1.41 Å². The van der Waals surface area contributed by atoms with Gasteiger partial charge in [-0.05, 0) is 0 Å². The molecule has 1 aliphatic heterocycles. The molecule has 1 aliphatic rings. The Hall–Kier alpha value is -0.645. The normalized spacial score (nSPS) is 26.1. The molecule has 6 nitrogen and oxygen atoms in total. The van der Waals surface area contributed by atoms with Gasteiger partial charge in [0, 0.05) is 19.1 Å². The van der Waals surface area contributed by atoms with Gasteiger partial charge in [-0.3, -0.25) is 9.59 Å². The molecule has 17 heavy (non-hydrogen) atoms. The quantitative estimate of drug-likeness (QED) is 0.361. The minimum absolute atomic E-state index is 0.0519. The number of hydrogen-bond acceptors (Lipinski definition) is 5. The Morgan fingerprint density at radius 1 is 1.59 bits per heavy atom. The van der Waals surface area contributed by atoms with Crippen molar-refractivity contribution in [3.8, 4) is 0 Å². The molecule has 0 bridgehead atoms. The van der Waals surface area contributed by atoms with Gasteiger partial charge in [-0.2, -0.15) is 9.12 Å². The van der Waals surface area contributed by atoms with E-state index < -0.39 is 11.9 Å². The number of carbonyl (C=O) groups is 2. The van der Waals surface area contributed by atoms with Gasteiger partial charge in [-0.15, -0.1) is 0 Å². The third-order valence-electron chi connectivity index (χ3n) is 2.29. The summed E-state index contributed by atoms with van der Waals surface area (Å²) in [5.41, 5.74) is 0. The van der Waals surface area contributed by atoms with Gasteiger partial charge in [0.25, 0.3) is 0 Å². The zero-order valence-corrected chi connectivity index (χ0v) is 10.7. The van der Waals surface area contributed by atoms with Crippen molar-refractivity contribution in [2.75, 3.05) is 19.7 Å². The first-order valence-corrected chi connectivity index (χ1v) is 6.29. The van der Waals surface area contributed by atoms with E-state index in [9.17, 15) is 9.59 Å². The average Bonchev–Trinajstić information content (AvgIpc) is 2.33. The van der Waals surface area contributed by atoms with Gasteiger partial charge in [0.15, 0.2) is 7.00 Å². The van der Waals surface area contributed by atoms with Crippen LogP contribution in [0.25, 0.3) is 0 Å². The number of esters is 1. The molecule has 0 aromatic carbocycles. The summed E-state index contributed by atoms with van der Waals surface area (Å²) >= 11 is 0. The van der Waals surface area contributed by atoms with Crippen molar-refractivity contribution in [2.24, 2.45) is 0 Å². The zero-order chi connectivity index (χ0) is 13.5. The number of ether oxygens (including phenoxy) is 2. The van der Waals surface area contributed by atoms with Crippen molar-refractivity contribution in [2.45, 2.75) is 24.9 Å². The van der Waals surface area contributed by atoms with Crippen LogP contribution in [-0.2, 0) is 19.1 Å². The Morgan fingerprint density at radius 2 is 2.35 bits per heavy atom. The van der Waals surface area contributed by atoms with Gasteiger partial charge < -0.3 is 19.9 Å². The fourth-order valence-corrected chi connectivity index (χ4v) is 1.67. The van der Waals surface area contributed by atoms with E-state index in [-0.39, 0.29) is 31.6 Å². The fraction of sp³-hybridized carbons (Fsp3) is 0.778. The molecule has 0 saturated carbocycles. The highest BCUT2D eigenvalue weighted by Crippen LogP contribution is 2.06. The predicted octanol–water partition coefficient (Wildman–Crippen LogP) is -1.06. The van der Waals surface area contributed by atoms with Crippen molar-refractivity contribution in [1.29, 1.82) is 0 Å². The van der Waals surface area contributed by atoms with E-state index in [1.807, 2.05) is 0 Å². The lowest BCUT2D eigenvalue weighted by Crippen LogP contribution is -2.48. The minimum Gasteiger partial charge on any atom is -0.481 e. The summed E-state index contributed by atoms with van der Waals surface area (Å²) in [7, 11) is 2.55. The molecular formula is C9H17BNO5P. The second kappa shape index (κ2) is 7.64. The summed E-state index contributed by atoms with van der Waals surface area (Å²) < 4.78 is 18.1. The summed E-state index contributed by atoms with van der Waals surface area (Å²) in [6.07, 6.45) is -0.696. The van der Waals surface area contributed by atoms with Crippen LogP contribution < -0.4 is 5.31 Å². The van der Waals surface area contributed by atoms with Gasteiger partial charge in [0.1, 0.15) is 14.1 Å². The van der Waals surface area contributed by atoms with Crippen molar-refractivity contribution in [1.82, 2.24) is 5.31 Å². The van der Waals surface area contributed by atoms with Crippen molar-refractivity contribution in [3.05, 3.63) is 0 Å². The van der Waals surface area contributed by atoms with E-state index in [1.54, 1.807) is 0 Å². The first-order chi connectivity index (χ1) is 8.51. The van der Waals surface area contributed by atoms with E-state index in [0.29, 0.717) is 13.1 Å². The van der Waals surface area contributed by atoms with Crippen LogP contribution in [0.15, 0.2) is 0 Å². The molecule has 1 fully saturated rings. The molecule has 1 saturated heterocycles. The molecule has 1 rings (SSSR count). The van der Waals surface area contributed by atoms with Crippen LogP contribution in [0.1, 0.15) is 12.8 Å². The van der Waals surface area contributed by atoms with Gasteiger partial charge in [-0.25, -0.2) is 0 Å². The summed E-state index contributed by atoms with van der Waals surface area (Å²) in [6.45, 7) is 1.70. The number of morpholine rings is 1. The van der Waals surface area contributed by atoms with Crippen LogP contribution in [0.5, 0.6) is 0 Å². The van der Waals surface area contributed by atoms with E-state index in [1.165, 1.54) is 5.31 Å². The molecule has 0 aromatic heterocycles. The lowest BCUT2D eigenvalue weighted by molar-refractivity contribution is -0.152. The molecular weight excluding hydrogens is 244 g/mol. The van der Waals surface area contributed by atoms with Crippen molar-refractivity contribution in [3.63, 3.8) is 0 Å². The van der Waals surface area contributed by atoms with Gasteiger partial charge in [0.05, 0.1) is 12.8 Å². The van der Waals surface area contributed by atoms with Crippen LogP contribution in [0, 0.1) is 0 Å². The molecule has 0 aromatic rings. The third-order valence-corrected chi connectivity index (χ3v) is 2.81. The Morgan fingerprint density at radius 3 is 3.00 bits per heavy atom. The predicted molar refractivity (Wildman–Crippen MR) is 66.2 cm³/mol. The maximum atomic E-state index is 11.2. The maximum absolute atomic E-state index is 11.2. The van der Waals surface area contributed by atoms with Crippen LogP contribution in [0.3, 0.4) is 0 Å². The number of hydrogen-bond donors (Lipinski definition) is 2. The van der Waals surface area contributed by atoms with Crippen LogP contribution in [-0.4, -0.2) is 55.8 Å². The first-order valence-electron chi connectivity index (χ1n) is 5.92. The van der Waals surface area contributed by atoms with Crippen molar-refractivity contribution >= 4 is 28.1 Å². The standard InChI is InChI=1S/C9H17BNO5P/c12-8(13)1-2-9(14)15-5-6-3-11-4-7(10-17)16-6/h6-7,10-11H,1-5,17H2,(H,12,13)/i/hT. The largest absolute Gasteiger partial charge is 0.481 e. The minimum atomic E-state index is -1.03. The highest BCUT2D eigenvalue weighted by molar-refractivity contribution is 7.56. The lowest BCUT2D eigenvalue weighted by Gasteiger charge is -2.29. The van der Waals surface area contributed by atoms with Crippen molar-refractivity contribution < 1.29 is 25.6 Å². The first kappa shape index (κ1) is 12.8. The number of carboxylic acid groups (broad SMARTS) is 1. The Balaban J connectivity index is 2.25. The van der Waals surface area contributed by atoms with E-state index in [2.05, 4.69) is 9.12 Å². The number of carboxylic acids is 1. The number of aliphatic carboxylic acids is 1. The Bertz CT molecular complexity index is 309. The molecule has 0 spiro atoms. The maximum Gasteiger partial charge on any atom is 0.306 e. The Labute approximate surface area is 104 Å². The third kappa shape index (κ3) is 6.01. The van der Waals surface area contributed by atoms with Crippen LogP contribution >= 0.6 is 9.12 Å². The molecule has 3 unspecified atom stereocenters. The second-order valence-electron chi connectivity index (χ2n) is 3.78. The lowest BCUT2D eigenvalue weighted by atomic mass is 9.96. The number of nitrogens with one attached hydrogen (secondary N) is 1. The molecule has 0 amide bonds. The topological polar surface area (TPSA) is 84.9 Å². The van der Waals surface area contributed by atoms with Gasteiger partial charge in [0.2, 0.25) is 0 Å². The van der Waals surface area contributed by atoms with Gasteiger partial charge >= 0.3 is 11.9 Å². The highest BCUT2D eigenvalue weighted by Gasteiger charge is 2.22. The zero-order valence-electron chi connectivity index (χ0n) is 10.5. The summed E-state index contributed by atoms with van der Waals surface area (Å²) in [5.74, 6) is -1.58. The molecule has 1 heterocycles. The molecule has 3 atom stereocenters. The molecule has 0 radical (unpaired) electrons. The second-order valence-corrected chi connectivity index (χ2v) is 4.25. The molecule has 2 N–H and O–H groups in total. The average molecular weight is 263 g/mol. The highest BCUT2D eigenvalue weighted by atomic mass is 31.0. The molecule has 96 valence electrons. The van der Waals surface area contributed by atoms with Gasteiger partial charge in [-0.1, -0.05) is 0 Å². The smallest absolute Gasteiger partial charge is 0.306 e. The molecule has 8 heteroatoms. The summed E-state index contributed by atoms with van der Waals surface area (Å²) in [5, 5.41) is 9.80. The SMILES string of the molecule is [3H]N1CC(BP)OC(COC(=O)CCC(=O)O)C1. The van der Waals surface area contributed by atoms with Crippen LogP contribution in [0.4, 0.5) is 0 Å². The van der Waals surface area contributed by atoms with E-state index in [0.717, 1.165) is 7.00 Å². The summed E-state index contributed by atoms with van der Waals surface area (Å²) in [4.78, 5) is 21.5. The number of rotatable bonds is 6. The Kier molecular flexibility index (Phi) is 5.75. The molecule has 0 aliphatic carbocycles. The fourth-order valence-electron chi connectivity index (χ4n) is 1.41. The van der Waals surface area contributed by atoms with E-state index in [4.69, 9.17) is 16.0 Å². The monoisotopic (exact) mass is 263 g/mol. The number of carbonyl (C=O) groups excluding carboxylic acids is 1. The summed E-state index contributed by atoms with van der Waals surface area (Å²) in [6, 6.07) is -0.0519. The van der Waals surface area contributed by atoms with E-state index >= 15 is 0 Å².